The highest BCUT2D eigenvalue weighted by atomic mass is 32.2. The number of fused-ring (bicyclic) bond motifs is 1. The molecule has 1 heterocycles. The number of aromatic hydroxyl groups is 1. The Kier molecular flexibility index (Phi) is 6.83. The first kappa shape index (κ1) is 25.3. The van der Waals surface area contributed by atoms with Crippen molar-refractivity contribution < 1.29 is 26.7 Å². The third-order valence-corrected chi connectivity index (χ3v) is 7.77. The summed E-state index contributed by atoms with van der Waals surface area (Å²) in [4.78, 5) is 5.09. The lowest BCUT2D eigenvalue weighted by atomic mass is 10.0. The second-order valence-corrected chi connectivity index (χ2v) is 10.3. The van der Waals surface area contributed by atoms with Gasteiger partial charge in [0.2, 0.25) is 0 Å². The molecule has 0 saturated heterocycles. The van der Waals surface area contributed by atoms with Gasteiger partial charge in [0, 0.05) is 27.6 Å². The highest BCUT2D eigenvalue weighted by Crippen LogP contribution is 2.44. The Balaban J connectivity index is 1.78. The molecular weight excluding hydrogens is 509 g/mol. The van der Waals surface area contributed by atoms with Crippen LogP contribution in [-0.4, -0.2) is 18.5 Å². The third-order valence-electron chi connectivity index (χ3n) is 5.30. The van der Waals surface area contributed by atoms with Gasteiger partial charge >= 0.3 is 6.18 Å². The summed E-state index contributed by atoms with van der Waals surface area (Å²) in [6, 6.07) is 13.8. The molecule has 5 nitrogen and oxygen atoms in total. The lowest BCUT2D eigenvalue weighted by molar-refractivity contribution is -0.137. The third kappa shape index (κ3) is 4.95. The van der Waals surface area contributed by atoms with Crippen LogP contribution in [0.4, 0.5) is 18.9 Å². The first-order valence-corrected chi connectivity index (χ1v) is 12.7. The molecule has 0 aliphatic heterocycles. The smallest absolute Gasteiger partial charge is 0.416 e. The summed E-state index contributed by atoms with van der Waals surface area (Å²) in [5.41, 5.74) is 0.318. The van der Waals surface area contributed by atoms with Crippen LogP contribution in [0.3, 0.4) is 0 Å². The van der Waals surface area contributed by atoms with E-state index in [1.165, 1.54) is 30.0 Å². The number of nitrogens with zero attached hydrogens (tertiary/aromatic N) is 1. The van der Waals surface area contributed by atoms with Crippen molar-refractivity contribution in [1.29, 1.82) is 0 Å². The molecule has 0 fully saturated rings. The average Bonchev–Trinajstić information content (AvgIpc) is 2.85. The minimum Gasteiger partial charge on any atom is -0.506 e. The highest BCUT2D eigenvalue weighted by molar-refractivity contribution is 7.99. The number of alkyl halides is 3. The molecule has 36 heavy (non-hydrogen) atoms. The molecule has 0 bridgehead atoms. The van der Waals surface area contributed by atoms with E-state index in [4.69, 9.17) is 0 Å². The predicted molar refractivity (Wildman–Crippen MR) is 136 cm³/mol. The van der Waals surface area contributed by atoms with E-state index in [1.807, 2.05) is 24.3 Å². The van der Waals surface area contributed by atoms with Crippen molar-refractivity contribution in [3.63, 3.8) is 0 Å². The number of phenols is 1. The number of sulfonamides is 1. The number of anilines is 1. The predicted octanol–water partition coefficient (Wildman–Crippen LogP) is 7.20. The second kappa shape index (κ2) is 9.71. The number of aromatic nitrogens is 1. The first-order valence-electron chi connectivity index (χ1n) is 10.4. The van der Waals surface area contributed by atoms with E-state index in [1.54, 1.807) is 12.3 Å². The van der Waals surface area contributed by atoms with Crippen LogP contribution in [0.15, 0.2) is 94.7 Å². The molecule has 0 aliphatic carbocycles. The number of nitrogens with one attached hydrogen (secondary N) is 1. The standard InChI is InChI=1S/C26H19F3N2O3S2/c1-3-19-20(4-2)25(32)23(35-22-9-5-7-16-8-6-14-30-24(16)22)15-21(19)31-36(33,34)18-12-10-17(11-13-18)26(27,28)29/h3-15,31-32H,1-2H2. The van der Waals surface area contributed by atoms with E-state index < -0.39 is 21.8 Å². The number of halogens is 3. The molecule has 4 rings (SSSR count). The normalized spacial score (nSPS) is 11.9. The Morgan fingerprint density at radius 2 is 1.61 bits per heavy atom. The summed E-state index contributed by atoms with van der Waals surface area (Å²) >= 11 is 1.18. The summed E-state index contributed by atoms with van der Waals surface area (Å²) in [6.45, 7) is 7.42. The van der Waals surface area contributed by atoms with E-state index in [0.717, 1.165) is 22.4 Å². The Morgan fingerprint density at radius 3 is 2.25 bits per heavy atom. The van der Waals surface area contributed by atoms with Crippen LogP contribution in [0, 0.1) is 0 Å². The fourth-order valence-electron chi connectivity index (χ4n) is 3.58. The number of hydrogen-bond donors (Lipinski definition) is 2. The van der Waals surface area contributed by atoms with E-state index >= 15 is 0 Å². The highest BCUT2D eigenvalue weighted by Gasteiger charge is 2.31. The molecule has 2 N–H and O–H groups in total. The molecule has 4 aromatic rings. The van der Waals surface area contributed by atoms with Gasteiger partial charge in [-0.3, -0.25) is 9.71 Å². The van der Waals surface area contributed by atoms with Crippen LogP contribution < -0.4 is 4.72 Å². The van der Waals surface area contributed by atoms with E-state index in [9.17, 15) is 26.7 Å². The lowest BCUT2D eigenvalue weighted by Gasteiger charge is -2.17. The van der Waals surface area contributed by atoms with Crippen molar-refractivity contribution in [3.8, 4) is 5.75 Å². The monoisotopic (exact) mass is 528 g/mol. The van der Waals surface area contributed by atoms with Gasteiger partial charge in [-0.25, -0.2) is 8.42 Å². The molecule has 0 amide bonds. The summed E-state index contributed by atoms with van der Waals surface area (Å²) < 4.78 is 67.1. The topological polar surface area (TPSA) is 79.3 Å². The van der Waals surface area contributed by atoms with Gasteiger partial charge in [0.1, 0.15) is 5.75 Å². The van der Waals surface area contributed by atoms with Gasteiger partial charge in [-0.1, -0.05) is 55.3 Å². The molecule has 0 unspecified atom stereocenters. The second-order valence-electron chi connectivity index (χ2n) is 7.57. The summed E-state index contributed by atoms with van der Waals surface area (Å²) in [5, 5.41) is 11.8. The first-order chi connectivity index (χ1) is 17.0. The molecule has 3 aromatic carbocycles. The Bertz CT molecular complexity index is 1580. The molecule has 0 saturated carbocycles. The maximum atomic E-state index is 13.0. The number of benzene rings is 3. The summed E-state index contributed by atoms with van der Waals surface area (Å²) in [6.07, 6.45) is -0.223. The van der Waals surface area contributed by atoms with Gasteiger partial charge < -0.3 is 5.11 Å². The van der Waals surface area contributed by atoms with Gasteiger partial charge in [0.15, 0.2) is 0 Å². The molecule has 10 heteroatoms. The average molecular weight is 529 g/mol. The molecule has 1 aromatic heterocycles. The van der Waals surface area contributed by atoms with Crippen LogP contribution in [0.25, 0.3) is 23.1 Å². The summed E-state index contributed by atoms with van der Waals surface area (Å²) in [5.74, 6) is -0.129. The van der Waals surface area contributed by atoms with Crippen LogP contribution >= 0.6 is 11.8 Å². The zero-order valence-electron chi connectivity index (χ0n) is 18.6. The van der Waals surface area contributed by atoms with Crippen molar-refractivity contribution in [2.45, 2.75) is 20.9 Å². The van der Waals surface area contributed by atoms with Crippen LogP contribution in [-0.2, 0) is 16.2 Å². The molecule has 0 spiro atoms. The lowest BCUT2D eigenvalue weighted by Crippen LogP contribution is -2.15. The van der Waals surface area contributed by atoms with E-state index in [2.05, 4.69) is 22.9 Å². The zero-order chi connectivity index (χ0) is 26.1. The fraction of sp³-hybridized carbons (Fsp3) is 0.0385. The summed E-state index contributed by atoms with van der Waals surface area (Å²) in [7, 11) is -4.27. The molecule has 0 atom stereocenters. The van der Waals surface area contributed by atoms with Crippen molar-refractivity contribution in [2.24, 2.45) is 0 Å². The van der Waals surface area contributed by atoms with Crippen molar-refractivity contribution in [1.82, 2.24) is 4.98 Å². The van der Waals surface area contributed by atoms with Gasteiger partial charge in [0.05, 0.1) is 26.6 Å². The van der Waals surface area contributed by atoms with Crippen LogP contribution in [0.5, 0.6) is 5.75 Å². The quantitative estimate of drug-likeness (QED) is 0.248. The van der Waals surface area contributed by atoms with Crippen molar-refractivity contribution >= 4 is 50.5 Å². The largest absolute Gasteiger partial charge is 0.506 e. The zero-order valence-corrected chi connectivity index (χ0v) is 20.2. The molecule has 0 aliphatic rings. The number of pyridine rings is 1. The number of rotatable bonds is 7. The van der Waals surface area contributed by atoms with E-state index in [0.29, 0.717) is 22.5 Å². The van der Waals surface area contributed by atoms with Crippen molar-refractivity contribution in [3.05, 3.63) is 96.7 Å². The van der Waals surface area contributed by atoms with E-state index in [-0.39, 0.29) is 27.5 Å². The minimum absolute atomic E-state index is 0.0771. The molecule has 0 radical (unpaired) electrons. The molecule has 184 valence electrons. The Labute approximate surface area is 210 Å². The Morgan fingerprint density at radius 1 is 0.944 bits per heavy atom. The SMILES string of the molecule is C=Cc1c(NS(=O)(=O)c2ccc(C(F)(F)F)cc2)cc(Sc2cccc3cccnc23)c(O)c1C=C. The Hall–Kier alpha value is -3.76. The molecular formula is C26H19F3N2O3S2. The maximum Gasteiger partial charge on any atom is 0.416 e. The van der Waals surface area contributed by atoms with Crippen molar-refractivity contribution in [2.75, 3.05) is 4.72 Å². The number of phenolic OH excluding ortho intramolecular Hbond substituents is 1. The fourth-order valence-corrected chi connectivity index (χ4v) is 5.68. The van der Waals surface area contributed by atoms with Crippen LogP contribution in [0.2, 0.25) is 0 Å². The maximum absolute atomic E-state index is 13.0. The van der Waals surface area contributed by atoms with Crippen LogP contribution in [0.1, 0.15) is 16.7 Å². The number of hydrogen-bond acceptors (Lipinski definition) is 5. The van der Waals surface area contributed by atoms with Gasteiger partial charge in [0.25, 0.3) is 10.0 Å². The van der Waals surface area contributed by atoms with Gasteiger partial charge in [-0.2, -0.15) is 13.2 Å². The number of para-hydroxylation sites is 1. The van der Waals surface area contributed by atoms with Gasteiger partial charge in [-0.15, -0.1) is 0 Å². The minimum atomic E-state index is -4.59. The van der Waals surface area contributed by atoms with Gasteiger partial charge in [-0.05, 0) is 42.5 Å².